The van der Waals surface area contributed by atoms with Gasteiger partial charge < -0.3 is 5.32 Å². The second-order valence-electron chi connectivity index (χ2n) is 5.61. The van der Waals surface area contributed by atoms with Crippen LogP contribution in [-0.2, 0) is 14.8 Å². The maximum Gasteiger partial charge on any atom is 0.264 e. The van der Waals surface area contributed by atoms with E-state index in [2.05, 4.69) is 5.32 Å². The Hall–Kier alpha value is -2.34. The molecule has 0 aliphatic heterocycles. The van der Waals surface area contributed by atoms with Crippen LogP contribution in [0.2, 0.25) is 0 Å². The lowest BCUT2D eigenvalue weighted by Crippen LogP contribution is -2.40. The van der Waals surface area contributed by atoms with Gasteiger partial charge in [0.15, 0.2) is 0 Å². The average molecular weight is 346 g/mol. The highest BCUT2D eigenvalue weighted by molar-refractivity contribution is 7.92. The van der Waals surface area contributed by atoms with Crippen LogP contribution in [0.3, 0.4) is 0 Å². The van der Waals surface area contributed by atoms with Crippen LogP contribution in [0.5, 0.6) is 0 Å². The first kappa shape index (κ1) is 18.0. The van der Waals surface area contributed by atoms with E-state index in [9.17, 15) is 13.2 Å². The molecule has 0 atom stereocenters. The second-order valence-corrected chi connectivity index (χ2v) is 7.48. The lowest BCUT2D eigenvalue weighted by atomic mass is 10.2. The Labute approximate surface area is 143 Å². The molecule has 2 rings (SSSR count). The molecule has 0 aliphatic rings. The number of carbonyl (C=O) groups excluding carboxylic acids is 1. The first-order valence-electron chi connectivity index (χ1n) is 7.77. The molecular weight excluding hydrogens is 324 g/mol. The van der Waals surface area contributed by atoms with Gasteiger partial charge in [0, 0.05) is 6.54 Å². The van der Waals surface area contributed by atoms with E-state index in [1.54, 1.807) is 43.3 Å². The zero-order valence-corrected chi connectivity index (χ0v) is 14.9. The monoisotopic (exact) mass is 346 g/mol. The molecule has 0 heterocycles. The van der Waals surface area contributed by atoms with Crippen LogP contribution >= 0.6 is 0 Å². The van der Waals surface area contributed by atoms with Crippen molar-refractivity contribution in [2.24, 2.45) is 0 Å². The van der Waals surface area contributed by atoms with Crippen molar-refractivity contribution in [3.63, 3.8) is 0 Å². The predicted octanol–water partition coefficient (Wildman–Crippen LogP) is 2.63. The van der Waals surface area contributed by atoms with Gasteiger partial charge in [-0.2, -0.15) is 0 Å². The van der Waals surface area contributed by atoms with E-state index in [0.29, 0.717) is 12.2 Å². The smallest absolute Gasteiger partial charge is 0.264 e. The topological polar surface area (TPSA) is 66.5 Å². The van der Waals surface area contributed by atoms with E-state index in [-0.39, 0.29) is 17.3 Å². The van der Waals surface area contributed by atoms with Gasteiger partial charge in [-0.1, -0.05) is 35.4 Å². The number of hydrogen-bond donors (Lipinski definition) is 1. The molecule has 0 radical (unpaired) electrons. The largest absolute Gasteiger partial charge is 0.355 e. The van der Waals surface area contributed by atoms with Crippen LogP contribution in [0.1, 0.15) is 18.1 Å². The summed E-state index contributed by atoms with van der Waals surface area (Å²) in [5, 5.41) is 2.64. The number of sulfonamides is 1. The van der Waals surface area contributed by atoms with Crippen molar-refractivity contribution < 1.29 is 13.2 Å². The lowest BCUT2D eigenvalue weighted by molar-refractivity contribution is -0.119. The third-order valence-corrected chi connectivity index (χ3v) is 5.38. The highest BCUT2D eigenvalue weighted by Crippen LogP contribution is 2.24. The molecule has 5 nitrogen and oxygen atoms in total. The van der Waals surface area contributed by atoms with Gasteiger partial charge in [0.25, 0.3) is 10.0 Å². The van der Waals surface area contributed by atoms with E-state index in [1.807, 2.05) is 26.0 Å². The molecular formula is C18H22N2O3S. The van der Waals surface area contributed by atoms with Crippen LogP contribution in [0.4, 0.5) is 5.69 Å². The molecule has 1 N–H and O–H groups in total. The molecule has 0 unspecified atom stereocenters. The van der Waals surface area contributed by atoms with Gasteiger partial charge in [-0.05, 0) is 45.0 Å². The highest BCUT2D eigenvalue weighted by Gasteiger charge is 2.26. The Bertz CT molecular complexity index is 797. The number of nitrogens with one attached hydrogen (secondary N) is 1. The summed E-state index contributed by atoms with van der Waals surface area (Å²) >= 11 is 0. The number of hydrogen-bond acceptors (Lipinski definition) is 3. The minimum absolute atomic E-state index is 0.165. The van der Waals surface area contributed by atoms with Crippen molar-refractivity contribution in [3.05, 3.63) is 59.7 Å². The van der Waals surface area contributed by atoms with Crippen molar-refractivity contribution in [2.75, 3.05) is 17.4 Å². The van der Waals surface area contributed by atoms with Crippen LogP contribution in [0, 0.1) is 13.8 Å². The molecule has 0 aliphatic carbocycles. The molecule has 2 aromatic rings. The van der Waals surface area contributed by atoms with Crippen LogP contribution in [-0.4, -0.2) is 27.4 Å². The fourth-order valence-electron chi connectivity index (χ4n) is 2.25. The summed E-state index contributed by atoms with van der Waals surface area (Å²) in [6, 6.07) is 13.7. The molecule has 1 amide bonds. The number of benzene rings is 2. The van der Waals surface area contributed by atoms with Crippen molar-refractivity contribution in [1.82, 2.24) is 5.32 Å². The minimum atomic E-state index is -3.82. The second kappa shape index (κ2) is 7.49. The Kier molecular flexibility index (Phi) is 5.62. The maximum atomic E-state index is 13.0. The third kappa shape index (κ3) is 4.14. The first-order chi connectivity index (χ1) is 11.3. The third-order valence-electron chi connectivity index (χ3n) is 3.59. The highest BCUT2D eigenvalue weighted by atomic mass is 32.2. The van der Waals surface area contributed by atoms with Crippen LogP contribution in [0.25, 0.3) is 0 Å². The molecule has 2 aromatic carbocycles. The maximum absolute atomic E-state index is 13.0. The summed E-state index contributed by atoms with van der Waals surface area (Å²) in [4.78, 5) is 12.2. The summed E-state index contributed by atoms with van der Waals surface area (Å²) in [6.07, 6.45) is 0. The Morgan fingerprint density at radius 1 is 0.958 bits per heavy atom. The van der Waals surface area contributed by atoms with Crippen molar-refractivity contribution >= 4 is 21.6 Å². The Balaban J connectivity index is 2.45. The average Bonchev–Trinajstić information content (AvgIpc) is 2.54. The summed E-state index contributed by atoms with van der Waals surface area (Å²) in [7, 11) is -3.82. The van der Waals surface area contributed by atoms with E-state index in [1.165, 1.54) is 0 Å². The van der Waals surface area contributed by atoms with E-state index < -0.39 is 10.0 Å². The molecule has 0 saturated carbocycles. The van der Waals surface area contributed by atoms with Crippen molar-refractivity contribution in [3.8, 4) is 0 Å². The molecule has 6 heteroatoms. The SMILES string of the molecule is CCNC(=O)CN(c1ccc(C)cc1)S(=O)(=O)c1ccc(C)cc1. The number of likely N-dealkylation sites (N-methyl/N-ethyl adjacent to an activating group) is 1. The molecule has 0 aromatic heterocycles. The summed E-state index contributed by atoms with van der Waals surface area (Å²) in [5.41, 5.74) is 2.46. The summed E-state index contributed by atoms with van der Waals surface area (Å²) < 4.78 is 27.2. The number of aryl methyl sites for hydroxylation is 2. The normalized spacial score (nSPS) is 11.1. The molecule has 0 bridgehead atoms. The van der Waals surface area contributed by atoms with Gasteiger partial charge in [-0.25, -0.2) is 8.42 Å². The number of carbonyl (C=O) groups is 1. The zero-order chi connectivity index (χ0) is 17.7. The Morgan fingerprint density at radius 3 is 1.96 bits per heavy atom. The van der Waals surface area contributed by atoms with E-state index in [4.69, 9.17) is 0 Å². The van der Waals surface area contributed by atoms with Gasteiger partial charge in [0.2, 0.25) is 5.91 Å². The van der Waals surface area contributed by atoms with Gasteiger partial charge in [0.05, 0.1) is 10.6 Å². The molecule has 128 valence electrons. The van der Waals surface area contributed by atoms with Crippen LogP contribution < -0.4 is 9.62 Å². The fourth-order valence-corrected chi connectivity index (χ4v) is 3.67. The quantitative estimate of drug-likeness (QED) is 0.874. The predicted molar refractivity (Wildman–Crippen MR) is 95.6 cm³/mol. The summed E-state index contributed by atoms with van der Waals surface area (Å²) in [5.74, 6) is -0.339. The van der Waals surface area contributed by atoms with Gasteiger partial charge in [0.1, 0.15) is 6.54 Å². The molecule has 0 fully saturated rings. The molecule has 24 heavy (non-hydrogen) atoms. The summed E-state index contributed by atoms with van der Waals surface area (Å²) in [6.45, 7) is 5.80. The zero-order valence-electron chi connectivity index (χ0n) is 14.1. The number of amides is 1. The number of nitrogens with zero attached hydrogens (tertiary/aromatic N) is 1. The van der Waals surface area contributed by atoms with Crippen molar-refractivity contribution in [1.29, 1.82) is 0 Å². The van der Waals surface area contributed by atoms with Gasteiger partial charge in [-0.15, -0.1) is 0 Å². The van der Waals surface area contributed by atoms with Gasteiger partial charge in [-0.3, -0.25) is 9.10 Å². The lowest BCUT2D eigenvalue weighted by Gasteiger charge is -2.24. The minimum Gasteiger partial charge on any atom is -0.355 e. The van der Waals surface area contributed by atoms with Gasteiger partial charge >= 0.3 is 0 Å². The number of rotatable bonds is 6. The molecule has 0 saturated heterocycles. The number of anilines is 1. The fraction of sp³-hybridized carbons (Fsp3) is 0.278. The molecule has 0 spiro atoms. The first-order valence-corrected chi connectivity index (χ1v) is 9.21. The van der Waals surface area contributed by atoms with Crippen LogP contribution in [0.15, 0.2) is 53.4 Å². The van der Waals surface area contributed by atoms with E-state index in [0.717, 1.165) is 15.4 Å². The standard InChI is InChI=1S/C18H22N2O3S/c1-4-19-18(21)13-20(16-9-5-14(2)6-10-16)24(22,23)17-11-7-15(3)8-12-17/h5-12H,4,13H2,1-3H3,(H,19,21). The van der Waals surface area contributed by atoms with Crippen molar-refractivity contribution in [2.45, 2.75) is 25.7 Å². The Morgan fingerprint density at radius 2 is 1.46 bits per heavy atom. The van der Waals surface area contributed by atoms with E-state index >= 15 is 0 Å².